The van der Waals surface area contributed by atoms with Gasteiger partial charge in [-0.15, -0.1) is 0 Å². The Balaban J connectivity index is 2.23. The summed E-state index contributed by atoms with van der Waals surface area (Å²) < 4.78 is 5.17. The second kappa shape index (κ2) is 4.94. The molecule has 0 aliphatic carbocycles. The van der Waals surface area contributed by atoms with Crippen molar-refractivity contribution in [2.75, 3.05) is 19.8 Å². The van der Waals surface area contributed by atoms with E-state index in [4.69, 9.17) is 4.74 Å². The molecule has 3 heteroatoms. The molecular weight excluding hydrogens is 166 g/mol. The molecule has 0 aromatic carbocycles. The molecule has 0 aromatic heterocycles. The summed E-state index contributed by atoms with van der Waals surface area (Å²) >= 11 is 0. The lowest BCUT2D eigenvalue weighted by Gasteiger charge is -2.24. The number of aliphatic hydroxyl groups is 1. The van der Waals surface area contributed by atoms with Crippen LogP contribution in [0.2, 0.25) is 0 Å². The van der Waals surface area contributed by atoms with Crippen LogP contribution in [0.1, 0.15) is 33.1 Å². The van der Waals surface area contributed by atoms with Crippen molar-refractivity contribution in [1.29, 1.82) is 0 Å². The second-order valence-corrected chi connectivity index (χ2v) is 3.92. The van der Waals surface area contributed by atoms with Gasteiger partial charge in [0.05, 0.1) is 6.61 Å². The van der Waals surface area contributed by atoms with Gasteiger partial charge in [-0.1, -0.05) is 13.8 Å². The monoisotopic (exact) mass is 187 g/mol. The normalized spacial score (nSPS) is 28.6. The van der Waals surface area contributed by atoms with Crippen molar-refractivity contribution >= 4 is 0 Å². The highest BCUT2D eigenvalue weighted by atomic mass is 16.5. The van der Waals surface area contributed by atoms with E-state index < -0.39 is 5.60 Å². The number of nitrogens with one attached hydrogen (secondary N) is 1. The summed E-state index contributed by atoms with van der Waals surface area (Å²) in [6.07, 6.45) is 3.00. The van der Waals surface area contributed by atoms with Crippen molar-refractivity contribution in [2.45, 2.75) is 44.8 Å². The van der Waals surface area contributed by atoms with E-state index in [0.29, 0.717) is 25.8 Å². The third-order valence-electron chi connectivity index (χ3n) is 2.79. The molecule has 1 aliphatic heterocycles. The Kier molecular flexibility index (Phi) is 4.16. The third kappa shape index (κ3) is 3.25. The summed E-state index contributed by atoms with van der Waals surface area (Å²) in [4.78, 5) is 0. The summed E-state index contributed by atoms with van der Waals surface area (Å²) in [5, 5.41) is 13.3. The van der Waals surface area contributed by atoms with Crippen molar-refractivity contribution in [3.05, 3.63) is 0 Å². The van der Waals surface area contributed by atoms with Crippen molar-refractivity contribution in [3.63, 3.8) is 0 Å². The largest absolute Gasteiger partial charge is 0.386 e. The molecule has 1 atom stereocenters. The van der Waals surface area contributed by atoms with Crippen LogP contribution in [-0.4, -0.2) is 36.5 Å². The van der Waals surface area contributed by atoms with E-state index in [-0.39, 0.29) is 0 Å². The Labute approximate surface area is 80.5 Å². The van der Waals surface area contributed by atoms with Gasteiger partial charge in [0.2, 0.25) is 0 Å². The first-order chi connectivity index (χ1) is 6.20. The SMILES string of the molecule is CCC(CC)NCC1(O)CCOC1. The molecule has 78 valence electrons. The van der Waals surface area contributed by atoms with Crippen LogP contribution in [0, 0.1) is 0 Å². The minimum Gasteiger partial charge on any atom is -0.386 e. The molecule has 0 radical (unpaired) electrons. The second-order valence-electron chi connectivity index (χ2n) is 3.92. The molecular formula is C10H21NO2. The van der Waals surface area contributed by atoms with Crippen LogP contribution in [0.5, 0.6) is 0 Å². The lowest BCUT2D eigenvalue weighted by Crippen LogP contribution is -2.44. The highest BCUT2D eigenvalue weighted by molar-refractivity contribution is 4.85. The van der Waals surface area contributed by atoms with Crippen LogP contribution in [0.15, 0.2) is 0 Å². The minimum atomic E-state index is -0.609. The Morgan fingerprint density at radius 3 is 2.62 bits per heavy atom. The first kappa shape index (κ1) is 11.0. The van der Waals surface area contributed by atoms with Crippen LogP contribution in [-0.2, 0) is 4.74 Å². The van der Waals surface area contributed by atoms with E-state index in [1.807, 2.05) is 0 Å². The molecule has 2 N–H and O–H groups in total. The van der Waals surface area contributed by atoms with Crippen LogP contribution >= 0.6 is 0 Å². The first-order valence-corrected chi connectivity index (χ1v) is 5.23. The Morgan fingerprint density at radius 1 is 1.46 bits per heavy atom. The van der Waals surface area contributed by atoms with E-state index in [1.54, 1.807) is 0 Å². The maximum Gasteiger partial charge on any atom is 0.102 e. The molecule has 0 spiro atoms. The number of hydrogen-bond donors (Lipinski definition) is 2. The predicted molar refractivity (Wildman–Crippen MR) is 52.8 cm³/mol. The van der Waals surface area contributed by atoms with Crippen LogP contribution in [0.3, 0.4) is 0 Å². The molecule has 0 aromatic rings. The average molecular weight is 187 g/mol. The molecule has 1 aliphatic rings. The molecule has 1 heterocycles. The van der Waals surface area contributed by atoms with Gasteiger partial charge in [-0.05, 0) is 12.8 Å². The van der Waals surface area contributed by atoms with Crippen molar-refractivity contribution in [3.8, 4) is 0 Å². The lowest BCUT2D eigenvalue weighted by atomic mass is 10.0. The van der Waals surface area contributed by atoms with Gasteiger partial charge < -0.3 is 15.2 Å². The van der Waals surface area contributed by atoms with Crippen LogP contribution in [0.25, 0.3) is 0 Å². The van der Waals surface area contributed by atoms with Gasteiger partial charge in [-0.3, -0.25) is 0 Å². The van der Waals surface area contributed by atoms with Crippen LogP contribution in [0.4, 0.5) is 0 Å². The molecule has 1 fully saturated rings. The quantitative estimate of drug-likeness (QED) is 0.672. The molecule has 13 heavy (non-hydrogen) atoms. The zero-order valence-electron chi connectivity index (χ0n) is 8.68. The highest BCUT2D eigenvalue weighted by Gasteiger charge is 2.32. The number of ether oxygens (including phenoxy) is 1. The van der Waals surface area contributed by atoms with Gasteiger partial charge in [0, 0.05) is 25.6 Å². The smallest absolute Gasteiger partial charge is 0.102 e. The molecule has 1 rings (SSSR count). The summed E-state index contributed by atoms with van der Waals surface area (Å²) in [7, 11) is 0. The molecule has 1 unspecified atom stereocenters. The Morgan fingerprint density at radius 2 is 2.15 bits per heavy atom. The summed E-state index contributed by atoms with van der Waals surface area (Å²) in [6, 6.07) is 0.532. The van der Waals surface area contributed by atoms with Crippen LogP contribution < -0.4 is 5.32 Å². The van der Waals surface area contributed by atoms with E-state index in [0.717, 1.165) is 19.3 Å². The molecule has 0 amide bonds. The molecule has 1 saturated heterocycles. The fourth-order valence-corrected chi connectivity index (χ4v) is 1.65. The maximum absolute atomic E-state index is 9.94. The zero-order chi connectivity index (χ0) is 9.73. The van der Waals surface area contributed by atoms with Crippen molar-refractivity contribution in [2.24, 2.45) is 0 Å². The van der Waals surface area contributed by atoms with Crippen molar-refractivity contribution in [1.82, 2.24) is 5.32 Å². The van der Waals surface area contributed by atoms with Gasteiger partial charge >= 0.3 is 0 Å². The zero-order valence-corrected chi connectivity index (χ0v) is 8.68. The topological polar surface area (TPSA) is 41.5 Å². The summed E-state index contributed by atoms with van der Waals surface area (Å²) in [6.45, 7) is 6.17. The molecule has 3 nitrogen and oxygen atoms in total. The summed E-state index contributed by atoms with van der Waals surface area (Å²) in [5.74, 6) is 0. The van der Waals surface area contributed by atoms with Gasteiger partial charge in [0.25, 0.3) is 0 Å². The lowest BCUT2D eigenvalue weighted by molar-refractivity contribution is 0.0246. The Bertz CT molecular complexity index is 140. The standard InChI is InChI=1S/C10H21NO2/c1-3-9(4-2)11-7-10(12)5-6-13-8-10/h9,11-12H,3-8H2,1-2H3. The van der Waals surface area contributed by atoms with Gasteiger partial charge in [0.15, 0.2) is 0 Å². The third-order valence-corrected chi connectivity index (χ3v) is 2.79. The number of hydrogen-bond acceptors (Lipinski definition) is 3. The average Bonchev–Trinajstić information content (AvgIpc) is 2.55. The first-order valence-electron chi connectivity index (χ1n) is 5.23. The fraction of sp³-hybridized carbons (Fsp3) is 1.00. The van der Waals surface area contributed by atoms with E-state index in [1.165, 1.54) is 0 Å². The van der Waals surface area contributed by atoms with E-state index in [9.17, 15) is 5.11 Å². The minimum absolute atomic E-state index is 0.486. The summed E-state index contributed by atoms with van der Waals surface area (Å²) in [5.41, 5.74) is -0.609. The van der Waals surface area contributed by atoms with Gasteiger partial charge in [0.1, 0.15) is 5.60 Å². The van der Waals surface area contributed by atoms with Gasteiger partial charge in [-0.2, -0.15) is 0 Å². The van der Waals surface area contributed by atoms with Gasteiger partial charge in [-0.25, -0.2) is 0 Å². The van der Waals surface area contributed by atoms with E-state index >= 15 is 0 Å². The molecule has 0 bridgehead atoms. The van der Waals surface area contributed by atoms with E-state index in [2.05, 4.69) is 19.2 Å². The Hall–Kier alpha value is -0.120. The number of rotatable bonds is 5. The highest BCUT2D eigenvalue weighted by Crippen LogP contribution is 2.17. The maximum atomic E-state index is 9.94. The predicted octanol–water partition coefficient (Wildman–Crippen LogP) is 0.916. The molecule has 0 saturated carbocycles. The van der Waals surface area contributed by atoms with Crippen molar-refractivity contribution < 1.29 is 9.84 Å². The fourth-order valence-electron chi connectivity index (χ4n) is 1.65.